The fourth-order valence-electron chi connectivity index (χ4n) is 1.17. The highest BCUT2D eigenvalue weighted by atomic mass is 16.6. The van der Waals surface area contributed by atoms with Gasteiger partial charge in [0.15, 0.2) is 6.79 Å². The van der Waals surface area contributed by atoms with Gasteiger partial charge < -0.3 is 15.2 Å². The molecule has 1 aromatic rings. The number of ether oxygens (including phenoxy) is 1. The molecule has 12 heavy (non-hydrogen) atoms. The number of rotatable bonds is 3. The lowest BCUT2D eigenvalue weighted by molar-refractivity contribution is 0.0985. The van der Waals surface area contributed by atoms with Crippen LogP contribution in [-0.4, -0.2) is 18.4 Å². The summed E-state index contributed by atoms with van der Waals surface area (Å²) >= 11 is 0. The van der Waals surface area contributed by atoms with Gasteiger partial charge in [-0.25, -0.2) is 0 Å². The van der Waals surface area contributed by atoms with E-state index in [1.165, 1.54) is 5.56 Å². The van der Waals surface area contributed by atoms with E-state index in [-0.39, 0.29) is 6.79 Å². The van der Waals surface area contributed by atoms with Gasteiger partial charge in [0.1, 0.15) is 5.75 Å². The molecular weight excluding hydrogens is 154 g/mol. The van der Waals surface area contributed by atoms with Gasteiger partial charge in [0.05, 0.1) is 0 Å². The van der Waals surface area contributed by atoms with Gasteiger partial charge in [-0.2, -0.15) is 0 Å². The predicted molar refractivity (Wildman–Crippen MR) is 44.9 cm³/mol. The monoisotopic (exact) mass is 165 g/mol. The number of nitrogens with one attached hydrogen (secondary N) is 1. The first-order chi connectivity index (χ1) is 5.90. The predicted octanol–water partition coefficient (Wildman–Crippen LogP) is 0.659. The molecule has 1 unspecified atom stereocenters. The molecule has 0 amide bonds. The lowest BCUT2D eigenvalue weighted by Crippen LogP contribution is -1.94. The van der Waals surface area contributed by atoms with Gasteiger partial charge in [0.25, 0.3) is 0 Å². The van der Waals surface area contributed by atoms with Crippen LogP contribution in [0.15, 0.2) is 24.3 Å². The van der Waals surface area contributed by atoms with Gasteiger partial charge in [-0.05, 0) is 17.7 Å². The summed E-state index contributed by atoms with van der Waals surface area (Å²) in [5, 5.41) is 11.7. The third-order valence-electron chi connectivity index (χ3n) is 1.92. The van der Waals surface area contributed by atoms with Crippen LogP contribution in [-0.2, 0) is 0 Å². The summed E-state index contributed by atoms with van der Waals surface area (Å²) in [6.45, 7) is 0.807. The zero-order valence-electron chi connectivity index (χ0n) is 6.66. The number of benzene rings is 1. The Kier molecular flexibility index (Phi) is 1.98. The molecule has 3 heteroatoms. The molecule has 1 fully saturated rings. The lowest BCUT2D eigenvalue weighted by Gasteiger charge is -2.02. The molecule has 0 spiro atoms. The molecule has 3 nitrogen and oxygen atoms in total. The fraction of sp³-hybridized carbons (Fsp3) is 0.333. The van der Waals surface area contributed by atoms with E-state index in [1.807, 2.05) is 24.3 Å². The molecule has 0 radical (unpaired) electrons. The maximum absolute atomic E-state index is 8.48. The minimum absolute atomic E-state index is 0.263. The number of aliphatic hydroxyl groups excluding tert-OH is 1. The zero-order valence-corrected chi connectivity index (χ0v) is 6.66. The fourth-order valence-corrected chi connectivity index (χ4v) is 1.17. The van der Waals surface area contributed by atoms with E-state index in [9.17, 15) is 0 Å². The first-order valence-electron chi connectivity index (χ1n) is 3.97. The third kappa shape index (κ3) is 1.57. The summed E-state index contributed by atoms with van der Waals surface area (Å²) in [6, 6.07) is 8.29. The minimum Gasteiger partial charge on any atom is -0.468 e. The molecule has 0 saturated carbocycles. The summed E-state index contributed by atoms with van der Waals surface area (Å²) < 4.78 is 4.90. The van der Waals surface area contributed by atoms with Crippen LogP contribution in [0.5, 0.6) is 5.75 Å². The van der Waals surface area contributed by atoms with Crippen molar-refractivity contribution in [2.45, 2.75) is 6.04 Å². The van der Waals surface area contributed by atoms with Crippen molar-refractivity contribution in [3.05, 3.63) is 29.8 Å². The van der Waals surface area contributed by atoms with E-state index in [1.54, 1.807) is 0 Å². The Balaban J connectivity index is 2.08. The van der Waals surface area contributed by atoms with Gasteiger partial charge in [-0.1, -0.05) is 12.1 Å². The molecule has 1 aliphatic rings. The molecule has 0 aromatic heterocycles. The lowest BCUT2D eigenvalue weighted by atomic mass is 10.1. The Morgan fingerprint density at radius 3 is 2.58 bits per heavy atom. The summed E-state index contributed by atoms with van der Waals surface area (Å²) in [5.41, 5.74) is 1.28. The standard InChI is InChI=1S/C9H11NO2/c11-6-12-8-3-1-7(2-4-8)9-5-10-9/h1-4,9-11H,5-6H2. The van der Waals surface area contributed by atoms with Gasteiger partial charge in [0.2, 0.25) is 0 Å². The van der Waals surface area contributed by atoms with Crippen molar-refractivity contribution >= 4 is 0 Å². The molecule has 2 N–H and O–H groups in total. The van der Waals surface area contributed by atoms with Gasteiger partial charge >= 0.3 is 0 Å². The van der Waals surface area contributed by atoms with Crippen LogP contribution in [0.1, 0.15) is 11.6 Å². The molecule has 0 bridgehead atoms. The Labute approximate surface area is 71.0 Å². The maximum Gasteiger partial charge on any atom is 0.186 e. The van der Waals surface area contributed by atoms with Crippen LogP contribution in [0.25, 0.3) is 0 Å². The van der Waals surface area contributed by atoms with Crippen molar-refractivity contribution in [2.75, 3.05) is 13.3 Å². The van der Waals surface area contributed by atoms with Crippen molar-refractivity contribution in [1.82, 2.24) is 5.32 Å². The molecule has 1 aliphatic heterocycles. The molecule has 64 valence electrons. The number of hydrogen-bond donors (Lipinski definition) is 2. The summed E-state index contributed by atoms with van der Waals surface area (Å²) in [7, 11) is 0. The highest BCUT2D eigenvalue weighted by molar-refractivity contribution is 5.31. The van der Waals surface area contributed by atoms with Crippen LogP contribution < -0.4 is 10.1 Å². The second-order valence-corrected chi connectivity index (χ2v) is 2.80. The highest BCUT2D eigenvalue weighted by Gasteiger charge is 2.21. The van der Waals surface area contributed by atoms with Crippen LogP contribution in [0.4, 0.5) is 0 Å². The van der Waals surface area contributed by atoms with E-state index < -0.39 is 0 Å². The molecule has 1 atom stereocenters. The second-order valence-electron chi connectivity index (χ2n) is 2.80. The second kappa shape index (κ2) is 3.13. The largest absolute Gasteiger partial charge is 0.468 e. The van der Waals surface area contributed by atoms with Crippen molar-refractivity contribution in [2.24, 2.45) is 0 Å². The molecule has 1 saturated heterocycles. The normalized spacial score (nSPS) is 20.6. The van der Waals surface area contributed by atoms with Crippen molar-refractivity contribution in [3.8, 4) is 5.75 Å². The summed E-state index contributed by atoms with van der Waals surface area (Å²) in [5.74, 6) is 0.710. The SMILES string of the molecule is OCOc1ccc(C2CN2)cc1. The first-order valence-corrected chi connectivity index (χ1v) is 3.97. The average molecular weight is 165 g/mol. The van der Waals surface area contributed by atoms with Gasteiger partial charge in [0, 0.05) is 12.6 Å². The Morgan fingerprint density at radius 2 is 2.08 bits per heavy atom. The third-order valence-corrected chi connectivity index (χ3v) is 1.92. The number of aliphatic hydroxyl groups is 1. The Hall–Kier alpha value is -1.06. The van der Waals surface area contributed by atoms with E-state index >= 15 is 0 Å². The van der Waals surface area contributed by atoms with Crippen LogP contribution >= 0.6 is 0 Å². The van der Waals surface area contributed by atoms with E-state index in [2.05, 4.69) is 5.32 Å². The molecule has 0 aliphatic carbocycles. The average Bonchev–Trinajstić information content (AvgIpc) is 2.89. The molecular formula is C9H11NO2. The zero-order chi connectivity index (χ0) is 8.39. The Morgan fingerprint density at radius 1 is 1.42 bits per heavy atom. The highest BCUT2D eigenvalue weighted by Crippen LogP contribution is 2.23. The van der Waals surface area contributed by atoms with Gasteiger partial charge in [-0.15, -0.1) is 0 Å². The summed E-state index contributed by atoms with van der Waals surface area (Å²) in [4.78, 5) is 0. The van der Waals surface area contributed by atoms with E-state index in [0.717, 1.165) is 6.54 Å². The van der Waals surface area contributed by atoms with Crippen molar-refractivity contribution < 1.29 is 9.84 Å². The minimum atomic E-state index is -0.263. The van der Waals surface area contributed by atoms with Crippen molar-refractivity contribution in [3.63, 3.8) is 0 Å². The van der Waals surface area contributed by atoms with Crippen LogP contribution in [0.2, 0.25) is 0 Å². The molecule has 1 heterocycles. The van der Waals surface area contributed by atoms with E-state index in [4.69, 9.17) is 9.84 Å². The maximum atomic E-state index is 8.48. The smallest absolute Gasteiger partial charge is 0.186 e. The topological polar surface area (TPSA) is 51.4 Å². The Bertz CT molecular complexity index is 254. The van der Waals surface area contributed by atoms with Crippen molar-refractivity contribution in [1.29, 1.82) is 0 Å². The quantitative estimate of drug-likeness (QED) is 0.511. The van der Waals surface area contributed by atoms with Crippen LogP contribution in [0.3, 0.4) is 0 Å². The summed E-state index contributed by atoms with van der Waals surface area (Å²) in [6.07, 6.45) is 0. The molecule has 2 rings (SSSR count). The first kappa shape index (κ1) is 7.58. The molecule has 1 aromatic carbocycles. The van der Waals surface area contributed by atoms with Gasteiger partial charge in [-0.3, -0.25) is 0 Å². The number of hydrogen-bond acceptors (Lipinski definition) is 3. The van der Waals surface area contributed by atoms with E-state index in [0.29, 0.717) is 11.8 Å². The van der Waals surface area contributed by atoms with Crippen LogP contribution in [0, 0.1) is 0 Å².